The van der Waals surface area contributed by atoms with Gasteiger partial charge < -0.3 is 10.4 Å². The van der Waals surface area contributed by atoms with Gasteiger partial charge >= 0.3 is 0 Å². The van der Waals surface area contributed by atoms with Crippen LogP contribution in [0, 0.1) is 5.41 Å². The van der Waals surface area contributed by atoms with E-state index in [0.717, 1.165) is 38.8 Å². The third-order valence-electron chi connectivity index (χ3n) is 4.95. The Bertz CT molecular complexity index is 240. The Balaban J connectivity index is 1.96. The molecule has 120 valence electrons. The number of unbranched alkanes of at least 4 members (excludes halogenated alkanes) is 6. The van der Waals surface area contributed by atoms with Crippen LogP contribution in [0.3, 0.4) is 0 Å². The van der Waals surface area contributed by atoms with Gasteiger partial charge in [-0.2, -0.15) is 0 Å². The summed E-state index contributed by atoms with van der Waals surface area (Å²) in [5, 5.41) is 14.0. The lowest BCUT2D eigenvalue weighted by Crippen LogP contribution is -2.45. The van der Waals surface area contributed by atoms with Crippen molar-refractivity contribution in [2.24, 2.45) is 5.41 Å². The van der Waals surface area contributed by atoms with Crippen molar-refractivity contribution in [3.8, 4) is 0 Å². The summed E-state index contributed by atoms with van der Waals surface area (Å²) in [5.74, 6) is 0. The lowest BCUT2D eigenvalue weighted by Gasteiger charge is -2.40. The molecule has 0 saturated heterocycles. The van der Waals surface area contributed by atoms with Crippen LogP contribution in [0.1, 0.15) is 91.4 Å². The number of nitrogens with one attached hydrogen (secondary N) is 1. The smallest absolute Gasteiger partial charge is 0.0772 e. The molecule has 0 aromatic carbocycles. The number of rotatable bonds is 10. The molecule has 0 aromatic rings. The second kappa shape index (κ2) is 9.04. The van der Waals surface area contributed by atoms with E-state index in [2.05, 4.69) is 26.1 Å². The van der Waals surface area contributed by atoms with Gasteiger partial charge in [-0.3, -0.25) is 0 Å². The molecule has 2 N–H and O–H groups in total. The Labute approximate surface area is 126 Å². The van der Waals surface area contributed by atoms with Gasteiger partial charge in [0.05, 0.1) is 5.60 Å². The number of aliphatic hydroxyl groups is 1. The van der Waals surface area contributed by atoms with Gasteiger partial charge in [0.15, 0.2) is 0 Å². The van der Waals surface area contributed by atoms with E-state index in [1.165, 1.54) is 44.9 Å². The summed E-state index contributed by atoms with van der Waals surface area (Å²) < 4.78 is 0. The average molecular weight is 284 g/mol. The molecule has 20 heavy (non-hydrogen) atoms. The van der Waals surface area contributed by atoms with E-state index in [1.807, 2.05) is 0 Å². The Morgan fingerprint density at radius 2 is 1.40 bits per heavy atom. The molecular formula is C18H37NO. The summed E-state index contributed by atoms with van der Waals surface area (Å²) in [7, 11) is 0. The molecule has 0 spiro atoms. The van der Waals surface area contributed by atoms with E-state index in [1.54, 1.807) is 0 Å². The highest BCUT2D eigenvalue weighted by molar-refractivity contribution is 4.90. The van der Waals surface area contributed by atoms with Gasteiger partial charge in [0, 0.05) is 6.54 Å². The van der Waals surface area contributed by atoms with Gasteiger partial charge in [0.1, 0.15) is 0 Å². The van der Waals surface area contributed by atoms with Crippen molar-refractivity contribution in [3.05, 3.63) is 0 Å². The van der Waals surface area contributed by atoms with Crippen LogP contribution < -0.4 is 5.32 Å². The van der Waals surface area contributed by atoms with E-state index in [-0.39, 0.29) is 0 Å². The molecule has 0 aromatic heterocycles. The molecule has 1 aliphatic carbocycles. The Kier molecular flexibility index (Phi) is 8.13. The van der Waals surface area contributed by atoms with Crippen molar-refractivity contribution in [1.82, 2.24) is 5.32 Å². The van der Waals surface area contributed by atoms with Crippen LogP contribution in [0.25, 0.3) is 0 Å². The van der Waals surface area contributed by atoms with Gasteiger partial charge in [-0.25, -0.2) is 0 Å². The maximum atomic E-state index is 10.5. The largest absolute Gasteiger partial charge is 0.389 e. The third kappa shape index (κ3) is 7.64. The summed E-state index contributed by atoms with van der Waals surface area (Å²) in [5.41, 5.74) is 0.00135. The zero-order chi connectivity index (χ0) is 14.9. The topological polar surface area (TPSA) is 32.3 Å². The summed E-state index contributed by atoms with van der Waals surface area (Å²) in [6.07, 6.45) is 13.7. The van der Waals surface area contributed by atoms with Crippen molar-refractivity contribution in [3.63, 3.8) is 0 Å². The summed E-state index contributed by atoms with van der Waals surface area (Å²) in [6, 6.07) is 0. The minimum absolute atomic E-state index is 0.434. The van der Waals surface area contributed by atoms with Crippen molar-refractivity contribution in [1.29, 1.82) is 0 Å². The fraction of sp³-hybridized carbons (Fsp3) is 1.00. The highest BCUT2D eigenvalue weighted by Crippen LogP contribution is 2.39. The molecule has 1 rings (SSSR count). The molecule has 1 saturated carbocycles. The van der Waals surface area contributed by atoms with Gasteiger partial charge in [0.2, 0.25) is 0 Å². The summed E-state index contributed by atoms with van der Waals surface area (Å²) >= 11 is 0. The minimum Gasteiger partial charge on any atom is -0.389 e. The molecule has 2 heteroatoms. The summed E-state index contributed by atoms with van der Waals surface area (Å²) in [6.45, 7) is 8.76. The normalized spacial score (nSPS) is 21.0. The quantitative estimate of drug-likeness (QED) is 0.572. The predicted octanol–water partition coefficient (Wildman–Crippen LogP) is 4.66. The van der Waals surface area contributed by atoms with E-state index < -0.39 is 5.60 Å². The van der Waals surface area contributed by atoms with Gasteiger partial charge in [0.25, 0.3) is 0 Å². The van der Waals surface area contributed by atoms with Gasteiger partial charge in [-0.15, -0.1) is 0 Å². The first kappa shape index (κ1) is 18.0. The van der Waals surface area contributed by atoms with Crippen LogP contribution in [0.4, 0.5) is 0 Å². The molecule has 0 radical (unpaired) electrons. The lowest BCUT2D eigenvalue weighted by molar-refractivity contribution is -0.0242. The highest BCUT2D eigenvalue weighted by Gasteiger charge is 2.36. The highest BCUT2D eigenvalue weighted by atomic mass is 16.3. The van der Waals surface area contributed by atoms with Gasteiger partial charge in [-0.05, 0) is 44.1 Å². The van der Waals surface area contributed by atoms with Crippen LogP contribution in [-0.4, -0.2) is 23.8 Å². The molecule has 0 atom stereocenters. The molecule has 2 nitrogen and oxygen atoms in total. The van der Waals surface area contributed by atoms with Crippen molar-refractivity contribution in [2.45, 2.75) is 97.0 Å². The lowest BCUT2D eigenvalue weighted by atomic mass is 9.71. The summed E-state index contributed by atoms with van der Waals surface area (Å²) in [4.78, 5) is 0. The molecule has 1 aliphatic rings. The monoisotopic (exact) mass is 283 g/mol. The van der Waals surface area contributed by atoms with Crippen LogP contribution in [0.15, 0.2) is 0 Å². The maximum Gasteiger partial charge on any atom is 0.0772 e. The molecule has 0 heterocycles. The number of hydrogen-bond donors (Lipinski definition) is 2. The minimum atomic E-state index is -0.434. The molecule has 0 bridgehead atoms. The second-order valence-electron chi connectivity index (χ2n) is 7.69. The van der Waals surface area contributed by atoms with Crippen molar-refractivity contribution in [2.75, 3.05) is 13.1 Å². The first-order valence-corrected chi connectivity index (χ1v) is 8.91. The zero-order valence-corrected chi connectivity index (χ0v) is 14.1. The fourth-order valence-corrected chi connectivity index (χ4v) is 3.10. The fourth-order valence-electron chi connectivity index (χ4n) is 3.10. The Hall–Kier alpha value is -0.0800. The predicted molar refractivity (Wildman–Crippen MR) is 88.1 cm³/mol. The van der Waals surface area contributed by atoms with E-state index in [4.69, 9.17) is 0 Å². The van der Waals surface area contributed by atoms with Crippen LogP contribution in [0.5, 0.6) is 0 Å². The Morgan fingerprint density at radius 1 is 0.850 bits per heavy atom. The first-order valence-electron chi connectivity index (χ1n) is 8.91. The van der Waals surface area contributed by atoms with Crippen LogP contribution in [0.2, 0.25) is 0 Å². The van der Waals surface area contributed by atoms with E-state index in [0.29, 0.717) is 5.41 Å². The Morgan fingerprint density at radius 3 is 2.00 bits per heavy atom. The number of hydrogen-bond acceptors (Lipinski definition) is 2. The van der Waals surface area contributed by atoms with Crippen LogP contribution in [-0.2, 0) is 0 Å². The van der Waals surface area contributed by atoms with Crippen LogP contribution >= 0.6 is 0 Å². The molecule has 0 amide bonds. The van der Waals surface area contributed by atoms with E-state index >= 15 is 0 Å². The standard InChI is InChI=1S/C18H37NO/c1-4-5-6-7-8-9-10-15-19-16-18(20)13-11-17(2,3)12-14-18/h19-20H,4-16H2,1-3H3. The molecule has 0 aliphatic heterocycles. The van der Waals surface area contributed by atoms with E-state index in [9.17, 15) is 5.11 Å². The van der Waals surface area contributed by atoms with Crippen molar-refractivity contribution >= 4 is 0 Å². The van der Waals surface area contributed by atoms with Gasteiger partial charge in [-0.1, -0.05) is 59.3 Å². The molecule has 0 unspecified atom stereocenters. The average Bonchev–Trinajstić information content (AvgIpc) is 2.41. The zero-order valence-electron chi connectivity index (χ0n) is 14.1. The SMILES string of the molecule is CCCCCCCCCNCC1(O)CCC(C)(C)CC1. The molecule has 1 fully saturated rings. The maximum absolute atomic E-state index is 10.5. The first-order chi connectivity index (χ1) is 9.47. The second-order valence-corrected chi connectivity index (χ2v) is 7.69. The van der Waals surface area contributed by atoms with Crippen molar-refractivity contribution < 1.29 is 5.11 Å². The molecular weight excluding hydrogens is 246 g/mol. The third-order valence-corrected chi connectivity index (χ3v) is 4.95.